The van der Waals surface area contributed by atoms with E-state index >= 15 is 0 Å². The van der Waals surface area contributed by atoms with Crippen molar-refractivity contribution in [3.05, 3.63) is 52.7 Å². The number of halogens is 1. The number of likely N-dealkylation sites (tertiary alicyclic amines) is 1. The molecule has 1 saturated heterocycles. The van der Waals surface area contributed by atoms with Crippen molar-refractivity contribution < 1.29 is 4.74 Å². The second-order valence-electron chi connectivity index (χ2n) is 9.34. The molecule has 0 amide bonds. The Bertz CT molecular complexity index is 1170. The highest BCUT2D eigenvalue weighted by Gasteiger charge is 2.27. The van der Waals surface area contributed by atoms with Gasteiger partial charge in [0, 0.05) is 49.4 Å². The third-order valence-electron chi connectivity index (χ3n) is 7.10. The molecule has 0 bridgehead atoms. The molecule has 3 aromatic rings. The number of fused-ring (bicyclic) bond motifs is 2. The van der Waals surface area contributed by atoms with E-state index in [2.05, 4.69) is 46.0 Å². The third kappa shape index (κ3) is 4.52. The molecule has 0 saturated carbocycles. The Labute approximate surface area is 206 Å². The summed E-state index contributed by atoms with van der Waals surface area (Å²) in [6, 6.07) is 13.3. The van der Waals surface area contributed by atoms with Crippen LogP contribution >= 0.6 is 11.6 Å². The van der Waals surface area contributed by atoms with E-state index in [0.29, 0.717) is 31.7 Å². The van der Waals surface area contributed by atoms with E-state index in [1.807, 2.05) is 19.2 Å². The molecule has 1 aromatic heterocycles. The number of likely N-dealkylation sites (N-methyl/N-ethyl adjacent to an activating group) is 2. The van der Waals surface area contributed by atoms with Gasteiger partial charge < -0.3 is 25.2 Å². The SMILES string of the molecule is CN(CCN)c1nc(OC[C@@H]2CCCN2C)nc2c1CCN(c1cccc3cccc(Cl)c13)C2. The molecular formula is C26H33ClN6O. The van der Waals surface area contributed by atoms with Gasteiger partial charge in [-0.2, -0.15) is 9.97 Å². The van der Waals surface area contributed by atoms with E-state index in [4.69, 9.17) is 32.0 Å². The van der Waals surface area contributed by atoms with Crippen molar-refractivity contribution in [3.8, 4) is 6.01 Å². The number of hydrogen-bond acceptors (Lipinski definition) is 7. The Morgan fingerprint density at radius 2 is 2.00 bits per heavy atom. The van der Waals surface area contributed by atoms with Crippen LogP contribution in [0, 0.1) is 0 Å². The van der Waals surface area contributed by atoms with Crippen molar-refractivity contribution in [2.24, 2.45) is 5.73 Å². The maximum Gasteiger partial charge on any atom is 0.318 e. The summed E-state index contributed by atoms with van der Waals surface area (Å²) < 4.78 is 6.16. The molecule has 0 unspecified atom stereocenters. The molecule has 3 heterocycles. The molecule has 2 N–H and O–H groups in total. The van der Waals surface area contributed by atoms with Crippen molar-refractivity contribution >= 4 is 33.9 Å². The van der Waals surface area contributed by atoms with Gasteiger partial charge in [-0.15, -0.1) is 0 Å². The van der Waals surface area contributed by atoms with E-state index in [-0.39, 0.29) is 0 Å². The van der Waals surface area contributed by atoms with Gasteiger partial charge in [-0.3, -0.25) is 0 Å². The Kier molecular flexibility index (Phi) is 6.77. The lowest BCUT2D eigenvalue weighted by atomic mass is 10.0. The molecule has 5 rings (SSSR count). The van der Waals surface area contributed by atoms with Crippen LogP contribution in [-0.2, 0) is 13.0 Å². The van der Waals surface area contributed by atoms with Gasteiger partial charge in [0.1, 0.15) is 12.4 Å². The molecule has 1 fully saturated rings. The summed E-state index contributed by atoms with van der Waals surface area (Å²) in [6.45, 7) is 4.59. The van der Waals surface area contributed by atoms with Crippen LogP contribution in [0.1, 0.15) is 24.1 Å². The summed E-state index contributed by atoms with van der Waals surface area (Å²) in [5.41, 5.74) is 9.20. The highest BCUT2D eigenvalue weighted by atomic mass is 35.5. The van der Waals surface area contributed by atoms with Gasteiger partial charge in [-0.1, -0.05) is 35.9 Å². The summed E-state index contributed by atoms with van der Waals surface area (Å²) in [7, 11) is 4.20. The first-order valence-electron chi connectivity index (χ1n) is 12.1. The molecular weight excluding hydrogens is 448 g/mol. The molecule has 180 valence electrons. The number of hydrogen-bond donors (Lipinski definition) is 1. The maximum atomic E-state index is 6.63. The second kappa shape index (κ2) is 9.94. The Balaban J connectivity index is 1.47. The van der Waals surface area contributed by atoms with Gasteiger partial charge in [-0.05, 0) is 50.4 Å². The standard InChI is InChI=1S/C26H33ClN6O/c1-31-13-5-8-19(31)17-34-26-29-22-16-33(14-11-20(22)25(30-26)32(2)15-12-28)23-10-4-7-18-6-3-9-21(27)24(18)23/h3-4,6-7,9-10,19H,5,8,11-17,28H2,1-2H3/t19-/m0/s1. The highest BCUT2D eigenvalue weighted by molar-refractivity contribution is 6.36. The summed E-state index contributed by atoms with van der Waals surface area (Å²) in [5, 5.41) is 3.01. The minimum absolute atomic E-state index is 0.416. The first-order valence-corrected chi connectivity index (χ1v) is 12.5. The lowest BCUT2D eigenvalue weighted by molar-refractivity contribution is 0.187. The lowest BCUT2D eigenvalue weighted by Crippen LogP contribution is -2.35. The molecule has 7 nitrogen and oxygen atoms in total. The van der Waals surface area contributed by atoms with Gasteiger partial charge in [0.15, 0.2) is 0 Å². The Morgan fingerprint density at radius 1 is 1.18 bits per heavy atom. The average Bonchev–Trinajstić information content (AvgIpc) is 3.26. The lowest BCUT2D eigenvalue weighted by Gasteiger charge is -2.33. The van der Waals surface area contributed by atoms with Crippen molar-refractivity contribution in [3.63, 3.8) is 0 Å². The minimum Gasteiger partial charge on any atom is -0.462 e. The van der Waals surface area contributed by atoms with Crippen LogP contribution in [-0.4, -0.2) is 67.8 Å². The van der Waals surface area contributed by atoms with Crippen molar-refractivity contribution in [1.29, 1.82) is 0 Å². The van der Waals surface area contributed by atoms with E-state index < -0.39 is 0 Å². The number of ether oxygens (including phenoxy) is 1. The van der Waals surface area contributed by atoms with Crippen molar-refractivity contribution in [2.75, 3.05) is 56.7 Å². The van der Waals surface area contributed by atoms with Gasteiger partial charge in [0.25, 0.3) is 0 Å². The van der Waals surface area contributed by atoms with Crippen LogP contribution in [0.4, 0.5) is 11.5 Å². The first-order chi connectivity index (χ1) is 16.5. The van der Waals surface area contributed by atoms with Gasteiger partial charge in [-0.25, -0.2) is 0 Å². The Morgan fingerprint density at radius 3 is 2.76 bits per heavy atom. The highest BCUT2D eigenvalue weighted by Crippen LogP contribution is 2.36. The van der Waals surface area contributed by atoms with Crippen LogP contribution < -0.4 is 20.3 Å². The largest absolute Gasteiger partial charge is 0.462 e. The number of anilines is 2. The molecule has 0 spiro atoms. The number of nitrogens with two attached hydrogens (primary N) is 1. The summed E-state index contributed by atoms with van der Waals surface area (Å²) in [5.74, 6) is 0.931. The van der Waals surface area contributed by atoms with E-state index in [0.717, 1.165) is 65.5 Å². The van der Waals surface area contributed by atoms with Crippen LogP contribution in [0.25, 0.3) is 10.8 Å². The van der Waals surface area contributed by atoms with Gasteiger partial charge >= 0.3 is 6.01 Å². The summed E-state index contributed by atoms with van der Waals surface area (Å²) in [4.78, 5) is 16.6. The third-order valence-corrected chi connectivity index (χ3v) is 7.41. The van der Waals surface area contributed by atoms with Crippen LogP contribution in [0.15, 0.2) is 36.4 Å². The molecule has 2 aliphatic heterocycles. The van der Waals surface area contributed by atoms with Crippen LogP contribution in [0.3, 0.4) is 0 Å². The predicted molar refractivity (Wildman–Crippen MR) is 139 cm³/mol. The van der Waals surface area contributed by atoms with Crippen LogP contribution in [0.2, 0.25) is 5.02 Å². The number of benzene rings is 2. The number of rotatable bonds is 7. The zero-order valence-electron chi connectivity index (χ0n) is 20.0. The second-order valence-corrected chi connectivity index (χ2v) is 9.75. The smallest absolute Gasteiger partial charge is 0.318 e. The Hall–Kier alpha value is -2.61. The topological polar surface area (TPSA) is 70.7 Å². The van der Waals surface area contributed by atoms with E-state index in [9.17, 15) is 0 Å². The zero-order chi connectivity index (χ0) is 23.7. The normalized spacial score (nSPS) is 18.4. The van der Waals surface area contributed by atoms with Crippen molar-refractivity contribution in [1.82, 2.24) is 14.9 Å². The number of nitrogens with zero attached hydrogens (tertiary/aromatic N) is 5. The van der Waals surface area contributed by atoms with E-state index in [1.54, 1.807) is 0 Å². The summed E-state index contributed by atoms with van der Waals surface area (Å²) in [6.07, 6.45) is 3.21. The average molecular weight is 481 g/mol. The monoisotopic (exact) mass is 480 g/mol. The molecule has 2 aromatic carbocycles. The fraction of sp³-hybridized carbons (Fsp3) is 0.462. The van der Waals surface area contributed by atoms with Gasteiger partial charge in [0.2, 0.25) is 0 Å². The fourth-order valence-electron chi connectivity index (χ4n) is 5.17. The zero-order valence-corrected chi connectivity index (χ0v) is 20.8. The van der Waals surface area contributed by atoms with E-state index in [1.165, 1.54) is 12.0 Å². The molecule has 8 heteroatoms. The van der Waals surface area contributed by atoms with Gasteiger partial charge in [0.05, 0.1) is 17.3 Å². The quantitative estimate of drug-likeness (QED) is 0.552. The number of aromatic nitrogens is 2. The molecule has 2 aliphatic rings. The molecule has 0 aliphatic carbocycles. The fourth-order valence-corrected chi connectivity index (χ4v) is 5.45. The molecule has 34 heavy (non-hydrogen) atoms. The first kappa shape index (κ1) is 23.1. The summed E-state index contributed by atoms with van der Waals surface area (Å²) >= 11 is 6.63. The predicted octanol–water partition coefficient (Wildman–Crippen LogP) is 3.71. The van der Waals surface area contributed by atoms with Crippen molar-refractivity contribution in [2.45, 2.75) is 31.8 Å². The van der Waals surface area contributed by atoms with Crippen LogP contribution in [0.5, 0.6) is 6.01 Å². The molecule has 1 atom stereocenters. The maximum absolute atomic E-state index is 6.63. The minimum atomic E-state index is 0.416. The molecule has 0 radical (unpaired) electrons.